The minimum Gasteiger partial charge on any atom is -0.481 e. The summed E-state index contributed by atoms with van der Waals surface area (Å²) >= 11 is 5.06. The van der Waals surface area contributed by atoms with E-state index in [0.717, 1.165) is 14.2 Å². The van der Waals surface area contributed by atoms with Crippen LogP contribution in [0.25, 0.3) is 0 Å². The fourth-order valence-corrected chi connectivity index (χ4v) is 4.67. The van der Waals surface area contributed by atoms with Crippen molar-refractivity contribution < 1.29 is 14.7 Å². The highest BCUT2D eigenvalue weighted by Gasteiger charge is 2.40. The first-order valence-corrected chi connectivity index (χ1v) is 8.73. The molecule has 6 heteroatoms. The van der Waals surface area contributed by atoms with Gasteiger partial charge in [0.15, 0.2) is 0 Å². The van der Waals surface area contributed by atoms with Crippen LogP contribution in [0, 0.1) is 12.8 Å². The summed E-state index contributed by atoms with van der Waals surface area (Å²) in [4.78, 5) is 28.0. The van der Waals surface area contributed by atoms with Gasteiger partial charge in [0.25, 0.3) is 0 Å². The van der Waals surface area contributed by atoms with Crippen molar-refractivity contribution in [3.05, 3.63) is 20.3 Å². The second-order valence-corrected chi connectivity index (χ2v) is 7.87. The van der Waals surface area contributed by atoms with Crippen LogP contribution in [-0.2, 0) is 9.59 Å². The van der Waals surface area contributed by atoms with Crippen molar-refractivity contribution in [1.29, 1.82) is 0 Å². The molecule has 1 aliphatic rings. The lowest BCUT2D eigenvalue weighted by Gasteiger charge is -2.36. The van der Waals surface area contributed by atoms with Gasteiger partial charge in [-0.3, -0.25) is 9.59 Å². The summed E-state index contributed by atoms with van der Waals surface area (Å²) in [7, 11) is 0. The Morgan fingerprint density at radius 2 is 2.19 bits per heavy atom. The van der Waals surface area contributed by atoms with E-state index in [0.29, 0.717) is 19.3 Å². The van der Waals surface area contributed by atoms with E-state index >= 15 is 0 Å². The Bertz CT molecular complexity index is 536. The second-order valence-electron chi connectivity index (χ2n) is 5.73. The van der Waals surface area contributed by atoms with E-state index in [4.69, 9.17) is 0 Å². The molecule has 4 nitrogen and oxygen atoms in total. The Morgan fingerprint density at radius 1 is 1.52 bits per heavy atom. The SMILES string of the molecule is Cc1sc(C2C(C(=O)O)CCCC(=O)N2C(C)C)cc1Br. The minimum absolute atomic E-state index is 0.0105. The zero-order chi connectivity index (χ0) is 15.7. The molecule has 1 saturated heterocycles. The lowest BCUT2D eigenvalue weighted by atomic mass is 9.93. The summed E-state index contributed by atoms with van der Waals surface area (Å²) < 4.78 is 0.979. The molecule has 0 radical (unpaired) electrons. The molecule has 2 heterocycles. The maximum atomic E-state index is 12.4. The van der Waals surface area contributed by atoms with Crippen LogP contribution < -0.4 is 0 Å². The van der Waals surface area contributed by atoms with Gasteiger partial charge in [-0.1, -0.05) is 0 Å². The highest BCUT2D eigenvalue weighted by Crippen LogP contribution is 2.42. The molecule has 1 N–H and O–H groups in total. The molecule has 2 unspecified atom stereocenters. The number of carbonyl (C=O) groups is 2. The van der Waals surface area contributed by atoms with Crippen LogP contribution in [-0.4, -0.2) is 27.9 Å². The summed E-state index contributed by atoms with van der Waals surface area (Å²) in [6.07, 6.45) is 1.62. The van der Waals surface area contributed by atoms with Gasteiger partial charge in [-0.25, -0.2) is 0 Å². The van der Waals surface area contributed by atoms with Gasteiger partial charge in [-0.15, -0.1) is 11.3 Å². The molecule has 1 aromatic rings. The first-order valence-electron chi connectivity index (χ1n) is 7.12. The summed E-state index contributed by atoms with van der Waals surface area (Å²) in [6, 6.07) is 1.59. The Hall–Kier alpha value is -0.880. The molecule has 1 aliphatic heterocycles. The molecular weight excluding hydrogens is 354 g/mol. The average Bonchev–Trinajstić information content (AvgIpc) is 2.61. The molecule has 1 amide bonds. The van der Waals surface area contributed by atoms with Gasteiger partial charge in [-0.2, -0.15) is 0 Å². The molecule has 1 aromatic heterocycles. The molecule has 2 atom stereocenters. The summed E-state index contributed by atoms with van der Waals surface area (Å²) in [6.45, 7) is 5.89. The van der Waals surface area contributed by atoms with E-state index < -0.39 is 11.9 Å². The van der Waals surface area contributed by atoms with E-state index in [9.17, 15) is 14.7 Å². The number of carbonyl (C=O) groups excluding carboxylic acids is 1. The number of aryl methyl sites for hydroxylation is 1. The molecule has 0 bridgehead atoms. The van der Waals surface area contributed by atoms with Crippen molar-refractivity contribution in [1.82, 2.24) is 4.90 Å². The second kappa shape index (κ2) is 6.48. The van der Waals surface area contributed by atoms with Gasteiger partial charge in [0.05, 0.1) is 12.0 Å². The van der Waals surface area contributed by atoms with Crippen molar-refractivity contribution in [2.24, 2.45) is 5.92 Å². The number of carboxylic acids is 1. The molecule has 116 valence electrons. The van der Waals surface area contributed by atoms with E-state index in [1.807, 2.05) is 26.8 Å². The quantitative estimate of drug-likeness (QED) is 0.871. The van der Waals surface area contributed by atoms with Gasteiger partial charge >= 0.3 is 5.97 Å². The number of carboxylic acid groups (broad SMARTS) is 1. The van der Waals surface area contributed by atoms with E-state index in [-0.39, 0.29) is 18.0 Å². The van der Waals surface area contributed by atoms with Gasteiger partial charge in [-0.05, 0) is 55.6 Å². The van der Waals surface area contributed by atoms with Crippen LogP contribution in [0.3, 0.4) is 0 Å². The molecule has 0 aliphatic carbocycles. The topological polar surface area (TPSA) is 57.6 Å². The average molecular weight is 374 g/mol. The molecule has 21 heavy (non-hydrogen) atoms. The summed E-state index contributed by atoms with van der Waals surface area (Å²) in [5.74, 6) is -1.30. The molecule has 2 rings (SSSR count). The lowest BCUT2D eigenvalue weighted by Crippen LogP contribution is -2.42. The van der Waals surface area contributed by atoms with Crippen LogP contribution in [0.2, 0.25) is 0 Å². The summed E-state index contributed by atoms with van der Waals surface area (Å²) in [5, 5.41) is 9.61. The fraction of sp³-hybridized carbons (Fsp3) is 0.600. The monoisotopic (exact) mass is 373 g/mol. The van der Waals surface area contributed by atoms with Gasteiger partial charge in [0.2, 0.25) is 5.91 Å². The number of rotatable bonds is 3. The Morgan fingerprint density at radius 3 is 2.67 bits per heavy atom. The van der Waals surface area contributed by atoms with Crippen LogP contribution in [0.4, 0.5) is 0 Å². The molecular formula is C15H20BrNO3S. The molecule has 0 aromatic carbocycles. The minimum atomic E-state index is -0.817. The number of likely N-dealkylation sites (tertiary alicyclic amines) is 1. The smallest absolute Gasteiger partial charge is 0.308 e. The number of thiophene rings is 1. The highest BCUT2D eigenvalue weighted by atomic mass is 79.9. The van der Waals surface area contributed by atoms with Crippen molar-refractivity contribution in [3.63, 3.8) is 0 Å². The van der Waals surface area contributed by atoms with Gasteiger partial charge < -0.3 is 10.0 Å². The van der Waals surface area contributed by atoms with Crippen LogP contribution in [0.1, 0.15) is 48.9 Å². The van der Waals surface area contributed by atoms with Crippen molar-refractivity contribution in [2.45, 2.75) is 52.1 Å². The number of hydrogen-bond donors (Lipinski definition) is 1. The third-order valence-corrected chi connectivity index (χ3v) is 6.12. The van der Waals surface area contributed by atoms with E-state index in [2.05, 4.69) is 15.9 Å². The van der Waals surface area contributed by atoms with E-state index in [1.165, 1.54) is 0 Å². The lowest BCUT2D eigenvalue weighted by molar-refractivity contribution is -0.146. The van der Waals surface area contributed by atoms with Crippen molar-refractivity contribution in [3.8, 4) is 0 Å². The molecule has 0 saturated carbocycles. The third-order valence-electron chi connectivity index (χ3n) is 3.92. The number of nitrogens with zero attached hydrogens (tertiary/aromatic N) is 1. The zero-order valence-corrected chi connectivity index (χ0v) is 14.8. The highest BCUT2D eigenvalue weighted by molar-refractivity contribution is 9.10. The van der Waals surface area contributed by atoms with Crippen molar-refractivity contribution in [2.75, 3.05) is 0 Å². The van der Waals surface area contributed by atoms with Crippen molar-refractivity contribution >= 4 is 39.1 Å². The van der Waals surface area contributed by atoms with E-state index in [1.54, 1.807) is 16.2 Å². The number of hydrogen-bond acceptors (Lipinski definition) is 3. The van der Waals surface area contributed by atoms with Gasteiger partial charge in [0, 0.05) is 26.7 Å². The maximum Gasteiger partial charge on any atom is 0.308 e. The first kappa shape index (κ1) is 16.5. The number of aliphatic carboxylic acids is 1. The fourth-order valence-electron chi connectivity index (χ4n) is 2.94. The first-order chi connectivity index (χ1) is 9.82. The molecule has 0 spiro atoms. The maximum absolute atomic E-state index is 12.4. The normalized spacial score (nSPS) is 23.5. The number of amides is 1. The third kappa shape index (κ3) is 3.31. The Balaban J connectivity index is 2.52. The largest absolute Gasteiger partial charge is 0.481 e. The standard InChI is InChI=1S/C15H20BrNO3S/c1-8(2)17-13(18)6-4-5-10(15(19)20)14(17)12-7-11(16)9(3)21-12/h7-8,10,14H,4-6H2,1-3H3,(H,19,20). The predicted octanol–water partition coefficient (Wildman–Crippen LogP) is 3.98. The van der Waals surface area contributed by atoms with Gasteiger partial charge in [0.1, 0.15) is 0 Å². The predicted molar refractivity (Wildman–Crippen MR) is 86.5 cm³/mol. The Labute approximate surface area is 137 Å². The number of halogens is 1. The molecule has 1 fully saturated rings. The van der Waals surface area contributed by atoms with Crippen LogP contribution in [0.15, 0.2) is 10.5 Å². The Kier molecular flexibility index (Phi) is 5.09. The zero-order valence-electron chi connectivity index (χ0n) is 12.4. The van der Waals surface area contributed by atoms with Crippen LogP contribution in [0.5, 0.6) is 0 Å². The van der Waals surface area contributed by atoms with Crippen LogP contribution >= 0.6 is 27.3 Å². The summed E-state index contributed by atoms with van der Waals surface area (Å²) in [5.41, 5.74) is 0.